The molecule has 2 N–H and O–H groups in total. The Morgan fingerprint density at radius 1 is 0.543 bits per heavy atom. The van der Waals surface area contributed by atoms with Crippen LogP contribution in [0.1, 0.15) is 121 Å². The number of carboxylic acids is 2. The van der Waals surface area contributed by atoms with E-state index < -0.39 is 47.8 Å². The van der Waals surface area contributed by atoms with E-state index in [1.54, 1.807) is 27.7 Å². The van der Waals surface area contributed by atoms with Gasteiger partial charge < -0.3 is 48.1 Å². The maximum absolute atomic E-state index is 13.5. The van der Waals surface area contributed by atoms with Gasteiger partial charge >= 0.3 is 11.9 Å². The lowest BCUT2D eigenvalue weighted by molar-refractivity contribution is -0.540. The van der Waals surface area contributed by atoms with E-state index in [1.807, 2.05) is 41.5 Å². The molecule has 0 aromatic carbocycles. The Balaban J connectivity index is 8.66. The van der Waals surface area contributed by atoms with Gasteiger partial charge in [-0.15, -0.1) is 0 Å². The van der Waals surface area contributed by atoms with Crippen LogP contribution >= 0.6 is 0 Å². The first-order chi connectivity index (χ1) is 21.9. The van der Waals surface area contributed by atoms with Gasteiger partial charge in [0, 0.05) is 19.6 Å². The van der Waals surface area contributed by atoms with Crippen LogP contribution in [0, 0.1) is 0 Å². The largest absolute Gasteiger partial charge is 0.481 e. The Morgan fingerprint density at radius 2 is 0.848 bits per heavy atom. The van der Waals surface area contributed by atoms with E-state index in [9.17, 15) is 19.8 Å². The van der Waals surface area contributed by atoms with Crippen molar-refractivity contribution in [2.24, 2.45) is 0 Å². The number of ether oxygens (including phenoxy) is 8. The molecule has 0 bridgehead atoms. The van der Waals surface area contributed by atoms with Crippen molar-refractivity contribution in [1.82, 2.24) is 4.90 Å². The highest BCUT2D eigenvalue weighted by molar-refractivity contribution is 5.75. The fraction of sp³-hybridized carbons (Fsp3) is 0.939. The molecule has 0 amide bonds. The van der Waals surface area contributed by atoms with Crippen molar-refractivity contribution in [2.45, 2.75) is 150 Å². The molecule has 0 radical (unpaired) electrons. The summed E-state index contributed by atoms with van der Waals surface area (Å²) in [6.07, 6.45) is 2.55. The lowest BCUT2D eigenvalue weighted by Crippen LogP contribution is -2.82. The second-order valence-electron chi connectivity index (χ2n) is 11.2. The van der Waals surface area contributed by atoms with Crippen LogP contribution in [-0.2, 0) is 47.5 Å². The lowest BCUT2D eigenvalue weighted by atomic mass is 9.99. The van der Waals surface area contributed by atoms with Gasteiger partial charge in [0.15, 0.2) is 0 Å². The van der Waals surface area contributed by atoms with Crippen molar-refractivity contribution in [3.05, 3.63) is 0 Å². The molecular weight excluding hydrogens is 602 g/mol. The van der Waals surface area contributed by atoms with E-state index in [-0.39, 0.29) is 59.3 Å². The van der Waals surface area contributed by atoms with Crippen LogP contribution in [0.25, 0.3) is 0 Å². The molecule has 0 saturated heterocycles. The average Bonchev–Trinajstić information content (AvgIpc) is 3.03. The minimum Gasteiger partial charge on any atom is -0.481 e. The predicted molar refractivity (Wildman–Crippen MR) is 173 cm³/mol. The fourth-order valence-corrected chi connectivity index (χ4v) is 5.06. The van der Waals surface area contributed by atoms with Crippen LogP contribution < -0.4 is 0 Å². The summed E-state index contributed by atoms with van der Waals surface area (Å²) >= 11 is 0. The quantitative estimate of drug-likeness (QED) is 0.0835. The van der Waals surface area contributed by atoms with Crippen molar-refractivity contribution in [3.63, 3.8) is 0 Å². The summed E-state index contributed by atoms with van der Waals surface area (Å²) in [5.41, 5.74) is 0. The molecule has 0 heterocycles. The van der Waals surface area contributed by atoms with Crippen molar-refractivity contribution < 1.29 is 57.7 Å². The fourth-order valence-electron chi connectivity index (χ4n) is 5.06. The van der Waals surface area contributed by atoms with Gasteiger partial charge in [-0.1, -0.05) is 41.5 Å². The highest BCUT2D eigenvalue weighted by Crippen LogP contribution is 2.49. The molecule has 0 aliphatic rings. The minimum atomic E-state index is -2.20. The molecule has 46 heavy (non-hydrogen) atoms. The van der Waals surface area contributed by atoms with Crippen LogP contribution in [0.3, 0.4) is 0 Å². The highest BCUT2D eigenvalue weighted by Gasteiger charge is 2.72. The first kappa shape index (κ1) is 44.6. The normalized spacial score (nSPS) is 15.9. The van der Waals surface area contributed by atoms with E-state index in [2.05, 4.69) is 0 Å². The first-order valence-electron chi connectivity index (χ1n) is 17.2. The molecule has 0 aliphatic carbocycles. The van der Waals surface area contributed by atoms with Crippen LogP contribution in [0.2, 0.25) is 0 Å². The standard InChI is InChI=1S/C33H65NO12/c1-11-21-41-30(9,42-22-12-2)32(39-17-7,45-25-15-5)34(27(29(37)38)19-20-28(35)36)33(40-18-8,46-26-16-6)31(10,43-23-13-3)44-24-14-4/h27H,11-26H2,1-10H3,(H,35,36)(H,37,38). The smallest absolute Gasteiger partial charge is 0.321 e. The Morgan fingerprint density at radius 3 is 1.09 bits per heavy atom. The summed E-state index contributed by atoms with van der Waals surface area (Å²) in [6, 6.07) is -1.65. The molecule has 0 fully saturated rings. The van der Waals surface area contributed by atoms with E-state index in [0.717, 1.165) is 0 Å². The van der Waals surface area contributed by atoms with Crippen molar-refractivity contribution in [3.8, 4) is 0 Å². The maximum atomic E-state index is 13.5. The Bertz CT molecular complexity index is 766. The molecule has 13 heteroatoms. The highest BCUT2D eigenvalue weighted by atomic mass is 16.8. The average molecular weight is 668 g/mol. The van der Waals surface area contributed by atoms with Gasteiger partial charge in [-0.2, -0.15) is 4.90 Å². The van der Waals surface area contributed by atoms with Gasteiger partial charge in [-0.25, -0.2) is 0 Å². The van der Waals surface area contributed by atoms with Crippen molar-refractivity contribution in [1.29, 1.82) is 0 Å². The summed E-state index contributed by atoms with van der Waals surface area (Å²) in [5.74, 6) is -10.5. The number of hydrogen-bond acceptors (Lipinski definition) is 11. The topological polar surface area (TPSA) is 152 Å². The summed E-state index contributed by atoms with van der Waals surface area (Å²) in [5, 5.41) is 20.8. The molecule has 0 aliphatic heterocycles. The molecule has 13 nitrogen and oxygen atoms in total. The number of hydrogen-bond donors (Lipinski definition) is 2. The predicted octanol–water partition coefficient (Wildman–Crippen LogP) is 5.98. The molecule has 3 unspecified atom stereocenters. The third-order valence-corrected chi connectivity index (χ3v) is 7.02. The maximum Gasteiger partial charge on any atom is 0.321 e. The zero-order valence-electron chi connectivity index (χ0n) is 30.3. The van der Waals surface area contributed by atoms with Gasteiger partial charge in [0.1, 0.15) is 6.04 Å². The second-order valence-corrected chi connectivity index (χ2v) is 11.2. The van der Waals surface area contributed by atoms with Crippen LogP contribution in [0.5, 0.6) is 0 Å². The molecule has 274 valence electrons. The number of rotatable bonds is 31. The Labute approximate surface area is 277 Å². The SMILES string of the molecule is CCCOC(C)(OCCC)C(OCC)(OCCC)N(C(CCC(=O)O)C(=O)O)C(OCC)(OCCC)C(C)(OCCC)OCCC. The van der Waals surface area contributed by atoms with Gasteiger partial charge in [0.05, 0.1) is 39.6 Å². The first-order valence-corrected chi connectivity index (χ1v) is 17.2. The number of nitrogens with zero attached hydrogens (tertiary/aromatic N) is 1. The van der Waals surface area contributed by atoms with Crippen LogP contribution in [-0.4, -0.2) is 109 Å². The summed E-state index contributed by atoms with van der Waals surface area (Å²) in [4.78, 5) is 26.8. The zero-order valence-corrected chi connectivity index (χ0v) is 30.3. The van der Waals surface area contributed by atoms with Crippen molar-refractivity contribution in [2.75, 3.05) is 52.9 Å². The summed E-state index contributed by atoms with van der Waals surface area (Å²) < 4.78 is 52.4. The van der Waals surface area contributed by atoms with Crippen molar-refractivity contribution >= 4 is 11.9 Å². The molecule has 0 rings (SSSR count). The number of carboxylic acid groups (broad SMARTS) is 2. The van der Waals surface area contributed by atoms with E-state index >= 15 is 0 Å². The van der Waals surface area contributed by atoms with Crippen LogP contribution in [0.15, 0.2) is 0 Å². The molecule has 0 spiro atoms. The van der Waals surface area contributed by atoms with Crippen LogP contribution in [0.4, 0.5) is 0 Å². The van der Waals surface area contributed by atoms with Gasteiger partial charge in [-0.3, -0.25) is 9.59 Å². The Kier molecular flexibility index (Phi) is 22.3. The molecule has 3 atom stereocenters. The summed E-state index contributed by atoms with van der Waals surface area (Å²) in [6.45, 7) is 19.3. The van der Waals surface area contributed by atoms with Gasteiger partial charge in [0.25, 0.3) is 11.8 Å². The third kappa shape index (κ3) is 11.6. The minimum absolute atomic E-state index is 0.0182. The molecule has 0 aromatic heterocycles. The molecular formula is C33H65NO12. The Hall–Kier alpha value is -1.42. The van der Waals surface area contributed by atoms with Gasteiger partial charge in [-0.05, 0) is 72.6 Å². The monoisotopic (exact) mass is 667 g/mol. The van der Waals surface area contributed by atoms with Gasteiger partial charge in [0.2, 0.25) is 11.6 Å². The zero-order chi connectivity index (χ0) is 35.3. The third-order valence-electron chi connectivity index (χ3n) is 7.02. The lowest BCUT2D eigenvalue weighted by Gasteiger charge is -2.61. The van der Waals surface area contributed by atoms with E-state index in [4.69, 9.17) is 37.9 Å². The van der Waals surface area contributed by atoms with E-state index in [0.29, 0.717) is 38.5 Å². The molecule has 0 aromatic rings. The summed E-state index contributed by atoms with van der Waals surface area (Å²) in [7, 11) is 0. The second kappa shape index (κ2) is 23.0. The number of carbonyl (C=O) groups is 2. The van der Waals surface area contributed by atoms with E-state index in [1.165, 1.54) is 4.90 Å². The molecule has 0 saturated carbocycles. The number of aliphatic carboxylic acids is 2.